The number of fused-ring (bicyclic) bond motifs is 3. The molecule has 0 aliphatic carbocycles. The van der Waals surface area contributed by atoms with Crippen molar-refractivity contribution in [3.8, 4) is 17.1 Å². The third kappa shape index (κ3) is 4.46. The molecule has 4 nitrogen and oxygen atoms in total. The zero-order valence-corrected chi connectivity index (χ0v) is 24.1. The number of benzene rings is 4. The van der Waals surface area contributed by atoms with E-state index in [2.05, 4.69) is 24.7 Å². The fraction of sp³-hybridized carbons (Fsp3) is 0.188. The minimum Gasteiger partial charge on any atom is -0.401 e. The second-order valence-electron chi connectivity index (χ2n) is 11.3. The first-order chi connectivity index (χ1) is 20.0. The SMILES string of the molecule is C[Si](C)(C)OC(c1ccccc1)(c1ccccc1)C1Cc2ccccc2-c2nn(-c3c(F)c(F)c(F)c(F)c3F)c[n+]21. The highest BCUT2D eigenvalue weighted by Crippen LogP contribution is 2.47. The van der Waals surface area contributed by atoms with Crippen molar-refractivity contribution in [1.29, 1.82) is 0 Å². The first kappa shape index (κ1) is 28.0. The van der Waals surface area contributed by atoms with Crippen LogP contribution in [-0.4, -0.2) is 18.1 Å². The number of hydrogen-bond acceptors (Lipinski definition) is 2. The van der Waals surface area contributed by atoms with E-state index in [0.29, 0.717) is 17.8 Å². The van der Waals surface area contributed by atoms with Gasteiger partial charge in [-0.3, -0.25) is 0 Å². The van der Waals surface area contributed by atoms with Gasteiger partial charge >= 0.3 is 5.82 Å². The molecule has 6 rings (SSSR count). The van der Waals surface area contributed by atoms with E-state index in [1.807, 2.05) is 78.9 Å². The monoisotopic (exact) mass is 592 g/mol. The van der Waals surface area contributed by atoms with E-state index >= 15 is 8.78 Å². The summed E-state index contributed by atoms with van der Waals surface area (Å²) in [4.78, 5) is 0. The largest absolute Gasteiger partial charge is 0.401 e. The van der Waals surface area contributed by atoms with Crippen LogP contribution in [0, 0.1) is 29.1 Å². The number of nitrogens with zero attached hydrogens (tertiary/aromatic N) is 3. The molecular weight excluding hydrogens is 565 g/mol. The van der Waals surface area contributed by atoms with Crippen LogP contribution in [0.25, 0.3) is 17.1 Å². The van der Waals surface area contributed by atoms with Gasteiger partial charge in [-0.15, -0.1) is 0 Å². The Morgan fingerprint density at radius 3 is 1.79 bits per heavy atom. The van der Waals surface area contributed by atoms with Crippen molar-refractivity contribution in [3.63, 3.8) is 0 Å². The molecule has 42 heavy (non-hydrogen) atoms. The van der Waals surface area contributed by atoms with Crippen LogP contribution in [0.2, 0.25) is 19.6 Å². The van der Waals surface area contributed by atoms with E-state index in [-0.39, 0.29) is 0 Å². The van der Waals surface area contributed by atoms with Crippen molar-refractivity contribution in [2.24, 2.45) is 0 Å². The van der Waals surface area contributed by atoms with Crippen LogP contribution in [0.5, 0.6) is 0 Å². The summed E-state index contributed by atoms with van der Waals surface area (Å²) in [7, 11) is -2.35. The van der Waals surface area contributed by atoms with Crippen LogP contribution in [-0.2, 0) is 16.4 Å². The van der Waals surface area contributed by atoms with Gasteiger partial charge in [0.15, 0.2) is 8.32 Å². The van der Waals surface area contributed by atoms with E-state index in [1.165, 1.54) is 6.33 Å². The lowest BCUT2D eigenvalue weighted by Gasteiger charge is -2.45. The van der Waals surface area contributed by atoms with Crippen LogP contribution in [0.4, 0.5) is 22.0 Å². The fourth-order valence-corrected chi connectivity index (χ4v) is 7.17. The summed E-state index contributed by atoms with van der Waals surface area (Å²) in [5, 5.41) is 4.44. The van der Waals surface area contributed by atoms with Crippen molar-refractivity contribution in [2.75, 3.05) is 0 Å². The van der Waals surface area contributed by atoms with Crippen LogP contribution in [0.1, 0.15) is 22.7 Å². The maximum Gasteiger partial charge on any atom is 0.309 e. The van der Waals surface area contributed by atoms with E-state index in [9.17, 15) is 13.2 Å². The Morgan fingerprint density at radius 1 is 0.738 bits per heavy atom. The quantitative estimate of drug-likeness (QED) is 0.0676. The molecule has 1 atom stereocenters. The fourth-order valence-electron chi connectivity index (χ4n) is 5.83. The number of hydrogen-bond donors (Lipinski definition) is 0. The molecule has 0 saturated carbocycles. The molecule has 0 spiro atoms. The lowest BCUT2D eigenvalue weighted by molar-refractivity contribution is -0.729. The third-order valence-corrected chi connectivity index (χ3v) is 8.38. The van der Waals surface area contributed by atoms with Crippen LogP contribution >= 0.6 is 0 Å². The Morgan fingerprint density at radius 2 is 1.24 bits per heavy atom. The summed E-state index contributed by atoms with van der Waals surface area (Å²) in [6.45, 7) is 6.23. The topological polar surface area (TPSA) is 30.9 Å². The molecule has 0 saturated heterocycles. The summed E-state index contributed by atoms with van der Waals surface area (Å²) < 4.78 is 82.2. The zero-order chi connectivity index (χ0) is 29.8. The molecule has 2 heterocycles. The van der Waals surface area contributed by atoms with Crippen LogP contribution in [0.15, 0.2) is 91.3 Å². The Kier molecular flexibility index (Phi) is 6.85. The standard InChI is InChI=1S/C32H27F5N3OSi/c1-42(2,3)41-32(21-13-6-4-7-14-21,22-15-8-5-9-16-22)24-18-20-12-10-11-17-23(20)31-38-40(19-39(24)31)30-28(36)26(34)25(33)27(35)29(30)37/h4-17,19,24H,18H2,1-3H3/q+1. The predicted molar refractivity (Wildman–Crippen MR) is 150 cm³/mol. The second-order valence-corrected chi connectivity index (χ2v) is 15.7. The maximum absolute atomic E-state index is 15.0. The van der Waals surface area contributed by atoms with Crippen molar-refractivity contribution in [3.05, 3.63) is 137 Å². The molecule has 10 heteroatoms. The molecule has 0 fully saturated rings. The first-order valence-electron chi connectivity index (χ1n) is 13.4. The highest BCUT2D eigenvalue weighted by atomic mass is 28.4. The van der Waals surface area contributed by atoms with Crippen molar-refractivity contribution >= 4 is 8.32 Å². The molecule has 4 aromatic carbocycles. The molecule has 5 aromatic rings. The van der Waals surface area contributed by atoms with Gasteiger partial charge in [0.05, 0.1) is 10.7 Å². The minimum atomic E-state index is -2.35. The smallest absolute Gasteiger partial charge is 0.309 e. The molecule has 1 aliphatic heterocycles. The molecule has 1 aliphatic rings. The molecule has 0 bridgehead atoms. The highest BCUT2D eigenvalue weighted by molar-refractivity contribution is 6.69. The Balaban J connectivity index is 1.69. The normalized spacial score (nSPS) is 14.9. The van der Waals surface area contributed by atoms with Gasteiger partial charge in [0, 0.05) is 6.42 Å². The second kappa shape index (κ2) is 10.3. The van der Waals surface area contributed by atoms with Gasteiger partial charge in [0.1, 0.15) is 11.6 Å². The van der Waals surface area contributed by atoms with Gasteiger partial charge in [0.2, 0.25) is 41.1 Å². The van der Waals surface area contributed by atoms with Gasteiger partial charge in [-0.25, -0.2) is 17.7 Å². The summed E-state index contributed by atoms with van der Waals surface area (Å²) in [5.74, 6) is -9.92. The summed E-state index contributed by atoms with van der Waals surface area (Å²) in [5.41, 5.74) is 1.03. The van der Waals surface area contributed by atoms with Gasteiger partial charge in [-0.05, 0) is 42.4 Å². The number of halogens is 5. The van der Waals surface area contributed by atoms with Gasteiger partial charge in [-0.1, -0.05) is 83.5 Å². The summed E-state index contributed by atoms with van der Waals surface area (Å²) in [6, 6.07) is 26.3. The molecule has 0 radical (unpaired) electrons. The third-order valence-electron chi connectivity index (χ3n) is 7.45. The molecular formula is C32H27F5N3OSi+. The average Bonchev–Trinajstić information content (AvgIpc) is 3.43. The van der Waals surface area contributed by atoms with Crippen LogP contribution < -0.4 is 4.57 Å². The van der Waals surface area contributed by atoms with E-state index in [4.69, 9.17) is 4.43 Å². The van der Waals surface area contributed by atoms with Gasteiger partial charge in [-0.2, -0.15) is 8.78 Å². The summed E-state index contributed by atoms with van der Waals surface area (Å²) >= 11 is 0. The molecule has 0 amide bonds. The van der Waals surface area contributed by atoms with Crippen molar-refractivity contribution < 1.29 is 30.9 Å². The summed E-state index contributed by atoms with van der Waals surface area (Å²) in [6.07, 6.45) is 1.73. The minimum absolute atomic E-state index is 0.307. The van der Waals surface area contributed by atoms with E-state index < -0.39 is 54.7 Å². The number of aromatic nitrogens is 3. The van der Waals surface area contributed by atoms with Crippen molar-refractivity contribution in [2.45, 2.75) is 37.7 Å². The van der Waals surface area contributed by atoms with Crippen LogP contribution in [0.3, 0.4) is 0 Å². The lowest BCUT2D eigenvalue weighted by atomic mass is 9.76. The molecule has 0 N–H and O–H groups in total. The molecule has 1 unspecified atom stereocenters. The zero-order valence-electron chi connectivity index (χ0n) is 23.1. The maximum atomic E-state index is 15.0. The predicted octanol–water partition coefficient (Wildman–Crippen LogP) is 7.41. The highest BCUT2D eigenvalue weighted by Gasteiger charge is 2.52. The van der Waals surface area contributed by atoms with E-state index in [1.54, 1.807) is 10.6 Å². The van der Waals surface area contributed by atoms with Crippen molar-refractivity contribution in [1.82, 2.24) is 9.78 Å². The molecule has 1 aromatic heterocycles. The average molecular weight is 593 g/mol. The lowest BCUT2D eigenvalue weighted by Crippen LogP contribution is -2.58. The number of rotatable bonds is 6. The van der Waals surface area contributed by atoms with Gasteiger partial charge < -0.3 is 4.43 Å². The Hall–Kier alpha value is -4.15. The molecule has 214 valence electrons. The van der Waals surface area contributed by atoms with E-state index in [0.717, 1.165) is 21.4 Å². The Bertz CT molecular complexity index is 1720. The first-order valence-corrected chi connectivity index (χ1v) is 16.9. The Labute approximate surface area is 240 Å². The van der Waals surface area contributed by atoms with Gasteiger partial charge in [0.25, 0.3) is 0 Å².